The fraction of sp³-hybridized carbons (Fsp3) is 0.348. The van der Waals surface area contributed by atoms with Crippen LogP contribution in [0.4, 0.5) is 14.7 Å². The molecular weight excluding hydrogens is 514 g/mol. The van der Waals surface area contributed by atoms with Crippen molar-refractivity contribution in [3.8, 4) is 17.3 Å². The minimum Gasteiger partial charge on any atom is -0.480 e. The normalized spacial score (nSPS) is 13.2. The molecule has 4 rings (SSSR count). The highest BCUT2D eigenvalue weighted by Gasteiger charge is 2.24. The molecule has 0 bridgehead atoms. The molecular formula is C23H25ClF2N6O3S. The first-order chi connectivity index (χ1) is 17.2. The van der Waals surface area contributed by atoms with Crippen molar-refractivity contribution >= 4 is 39.4 Å². The highest BCUT2D eigenvalue weighted by molar-refractivity contribution is 7.86. The molecule has 2 N–H and O–H groups in total. The zero-order valence-corrected chi connectivity index (χ0v) is 21.6. The highest BCUT2D eigenvalue weighted by atomic mass is 35.5. The molecule has 13 heteroatoms. The number of nitrogens with one attached hydrogen (secondary N) is 2. The third-order valence-corrected chi connectivity index (χ3v) is 7.07. The fourth-order valence-corrected chi connectivity index (χ4v) is 4.81. The van der Waals surface area contributed by atoms with Crippen molar-refractivity contribution in [1.29, 1.82) is 0 Å². The maximum Gasteiger partial charge on any atom is 0.272 e. The number of rotatable bonds is 10. The van der Waals surface area contributed by atoms with E-state index in [1.54, 1.807) is 29.2 Å². The summed E-state index contributed by atoms with van der Waals surface area (Å²) in [6.45, 7) is 4.88. The lowest BCUT2D eigenvalue weighted by Gasteiger charge is -2.18. The van der Waals surface area contributed by atoms with Crippen LogP contribution in [0.5, 0.6) is 11.6 Å². The summed E-state index contributed by atoms with van der Waals surface area (Å²) in [5.74, 6) is -0.123. The van der Waals surface area contributed by atoms with Crippen molar-refractivity contribution in [2.45, 2.75) is 44.4 Å². The Morgan fingerprint density at radius 3 is 2.69 bits per heavy atom. The molecule has 0 fully saturated rings. The minimum absolute atomic E-state index is 0.0105. The van der Waals surface area contributed by atoms with Crippen LogP contribution >= 0.6 is 11.6 Å². The predicted octanol–water partition coefficient (Wildman–Crippen LogP) is 5.41. The Labute approximate surface area is 213 Å². The lowest BCUT2D eigenvalue weighted by atomic mass is 10.0. The Hall–Kier alpha value is -3.25. The van der Waals surface area contributed by atoms with Gasteiger partial charge in [0.25, 0.3) is 12.3 Å². The molecule has 0 radical (unpaired) electrons. The van der Waals surface area contributed by atoms with Crippen molar-refractivity contribution in [1.82, 2.24) is 24.7 Å². The number of hydrogen-bond acceptors (Lipinski definition) is 6. The number of fused-ring (bicyclic) bond motifs is 1. The van der Waals surface area contributed by atoms with Gasteiger partial charge in [0.05, 0.1) is 28.2 Å². The number of hydrogen-bond donors (Lipinski definition) is 2. The van der Waals surface area contributed by atoms with E-state index >= 15 is 0 Å². The number of alkyl halides is 2. The maximum absolute atomic E-state index is 13.4. The second kappa shape index (κ2) is 10.8. The molecule has 0 spiro atoms. The van der Waals surface area contributed by atoms with Crippen LogP contribution in [0.15, 0.2) is 35.5 Å². The topological polar surface area (TPSA) is 107 Å². The Balaban J connectivity index is 1.71. The Morgan fingerprint density at radius 2 is 2.06 bits per heavy atom. The molecule has 0 saturated carbocycles. The number of methoxy groups -OCH3 is 1. The van der Waals surface area contributed by atoms with Crippen molar-refractivity contribution in [2.75, 3.05) is 18.4 Å². The fourth-order valence-electron chi connectivity index (χ4n) is 3.67. The first-order valence-electron chi connectivity index (χ1n) is 11.1. The first kappa shape index (κ1) is 25.8. The zero-order chi connectivity index (χ0) is 26.0. The molecule has 3 heterocycles. The second-order valence-corrected chi connectivity index (χ2v) is 9.60. The van der Waals surface area contributed by atoms with Crippen molar-refractivity contribution in [3.05, 3.63) is 47.0 Å². The van der Waals surface area contributed by atoms with Crippen molar-refractivity contribution in [2.24, 2.45) is 0 Å². The molecule has 0 aliphatic rings. The van der Waals surface area contributed by atoms with E-state index in [0.29, 0.717) is 38.6 Å². The molecule has 2 unspecified atom stereocenters. The molecule has 1 aromatic carbocycles. The second-order valence-electron chi connectivity index (χ2n) is 8.01. The standard InChI is InChI=1S/C23H25ClF2N6O3S/c1-5-12(2)18-21(35-11-17(25)26)22(34-4)30-23(29-18)31-36(33)16-10-27-19-14(16)6-7-15(24)20(19)32-13(3)8-9-28-32/h6-10,12,17,27H,5,11H2,1-4H3,(H,29,30,31). The molecule has 9 nitrogen and oxygen atoms in total. The summed E-state index contributed by atoms with van der Waals surface area (Å²) < 4.78 is 54.0. The lowest BCUT2D eigenvalue weighted by Crippen LogP contribution is -2.15. The number of H-pyrrole nitrogens is 1. The third-order valence-electron chi connectivity index (χ3n) is 5.66. The van der Waals surface area contributed by atoms with Gasteiger partial charge >= 0.3 is 0 Å². The first-order valence-corrected chi connectivity index (χ1v) is 12.6. The molecule has 0 saturated heterocycles. The van der Waals surface area contributed by atoms with Crippen LogP contribution in [-0.4, -0.2) is 49.1 Å². The monoisotopic (exact) mass is 538 g/mol. The minimum atomic E-state index is -2.67. The van der Waals surface area contributed by atoms with Gasteiger partial charge in [0, 0.05) is 29.4 Å². The van der Waals surface area contributed by atoms with Crippen LogP contribution in [0.3, 0.4) is 0 Å². The van der Waals surface area contributed by atoms with Crippen molar-refractivity contribution < 1.29 is 22.5 Å². The van der Waals surface area contributed by atoms with Gasteiger partial charge in [-0.15, -0.1) is 0 Å². The van der Waals surface area contributed by atoms with Gasteiger partial charge in [-0.3, -0.25) is 4.72 Å². The van der Waals surface area contributed by atoms with Crippen LogP contribution in [0.25, 0.3) is 16.6 Å². The number of halogens is 3. The van der Waals surface area contributed by atoms with Gasteiger partial charge in [0.2, 0.25) is 11.7 Å². The smallest absolute Gasteiger partial charge is 0.272 e. The molecule has 0 aliphatic heterocycles. The quantitative estimate of drug-likeness (QED) is 0.280. The Bertz CT molecular complexity index is 1410. The Kier molecular flexibility index (Phi) is 7.74. The van der Waals surface area contributed by atoms with E-state index in [2.05, 4.69) is 24.8 Å². The molecule has 2 atom stereocenters. The summed E-state index contributed by atoms with van der Waals surface area (Å²) >= 11 is 6.47. The van der Waals surface area contributed by atoms with Crippen LogP contribution in [0, 0.1) is 6.92 Å². The SMILES string of the molecule is CCC(C)c1nc(NS(=O)c2c[nH]c3c(-n4nccc4C)c(Cl)ccc23)nc(OC)c1OCC(F)F. The number of anilines is 1. The number of aromatic nitrogens is 5. The van der Waals surface area contributed by atoms with Gasteiger partial charge in [-0.05, 0) is 31.5 Å². The third kappa shape index (κ3) is 5.00. The zero-order valence-electron chi connectivity index (χ0n) is 20.0. The van der Waals surface area contributed by atoms with Gasteiger partial charge < -0.3 is 14.5 Å². The number of aromatic amines is 1. The summed E-state index contributed by atoms with van der Waals surface area (Å²) in [5, 5.41) is 5.48. The maximum atomic E-state index is 13.4. The summed E-state index contributed by atoms with van der Waals surface area (Å²) in [6.07, 6.45) is 1.27. The van der Waals surface area contributed by atoms with Crippen LogP contribution in [0.1, 0.15) is 37.6 Å². The van der Waals surface area contributed by atoms with E-state index < -0.39 is 24.0 Å². The van der Waals surface area contributed by atoms with E-state index in [9.17, 15) is 13.0 Å². The molecule has 0 amide bonds. The van der Waals surface area contributed by atoms with E-state index in [0.717, 1.165) is 5.69 Å². The van der Waals surface area contributed by atoms with E-state index in [1.807, 2.05) is 26.8 Å². The van der Waals surface area contributed by atoms with Gasteiger partial charge in [-0.2, -0.15) is 10.1 Å². The van der Waals surface area contributed by atoms with Crippen LogP contribution in [-0.2, 0) is 11.0 Å². The predicted molar refractivity (Wildman–Crippen MR) is 134 cm³/mol. The number of nitrogens with zero attached hydrogens (tertiary/aromatic N) is 4. The molecule has 3 aromatic heterocycles. The van der Waals surface area contributed by atoms with Gasteiger partial charge in [-0.1, -0.05) is 25.4 Å². The number of aryl methyl sites for hydroxylation is 1. The summed E-state index contributed by atoms with van der Waals surface area (Å²) in [4.78, 5) is 12.2. The van der Waals surface area contributed by atoms with Crippen LogP contribution < -0.4 is 14.2 Å². The van der Waals surface area contributed by atoms with Crippen LogP contribution in [0.2, 0.25) is 5.02 Å². The van der Waals surface area contributed by atoms with E-state index in [4.69, 9.17) is 21.1 Å². The summed E-state index contributed by atoms with van der Waals surface area (Å²) in [5.41, 5.74) is 2.56. The van der Waals surface area contributed by atoms with E-state index in [1.165, 1.54) is 7.11 Å². The van der Waals surface area contributed by atoms with Gasteiger partial charge in [-0.25, -0.2) is 22.7 Å². The molecule has 4 aromatic rings. The lowest BCUT2D eigenvalue weighted by molar-refractivity contribution is 0.0790. The molecule has 0 aliphatic carbocycles. The average Bonchev–Trinajstić information content (AvgIpc) is 3.48. The number of ether oxygens (including phenoxy) is 2. The van der Waals surface area contributed by atoms with Crippen molar-refractivity contribution in [3.63, 3.8) is 0 Å². The van der Waals surface area contributed by atoms with Gasteiger partial charge in [0.15, 0.2) is 11.0 Å². The highest BCUT2D eigenvalue weighted by Crippen LogP contribution is 2.37. The summed E-state index contributed by atoms with van der Waals surface area (Å²) in [6, 6.07) is 5.33. The summed E-state index contributed by atoms with van der Waals surface area (Å²) in [7, 11) is -0.443. The Morgan fingerprint density at radius 1 is 1.28 bits per heavy atom. The number of benzene rings is 1. The molecule has 192 valence electrons. The van der Waals surface area contributed by atoms with E-state index in [-0.39, 0.29) is 23.5 Å². The average molecular weight is 539 g/mol. The van der Waals surface area contributed by atoms with Gasteiger partial charge in [0.1, 0.15) is 12.3 Å². The largest absolute Gasteiger partial charge is 0.480 e. The molecule has 36 heavy (non-hydrogen) atoms.